The molecule has 254 valence electrons. The van der Waals surface area contributed by atoms with Crippen LogP contribution in [0.1, 0.15) is 48.3 Å². The van der Waals surface area contributed by atoms with Crippen LogP contribution in [0.25, 0.3) is 21.8 Å². The van der Waals surface area contributed by atoms with E-state index < -0.39 is 6.04 Å². The van der Waals surface area contributed by atoms with E-state index >= 15 is 0 Å². The van der Waals surface area contributed by atoms with Crippen LogP contribution in [0.5, 0.6) is 0 Å². The predicted molar refractivity (Wildman–Crippen MR) is 184 cm³/mol. The molecule has 2 aromatic heterocycles. The molecule has 1 atom stereocenters. The van der Waals surface area contributed by atoms with Crippen molar-refractivity contribution in [3.8, 4) is 0 Å². The van der Waals surface area contributed by atoms with Crippen LogP contribution in [0.2, 0.25) is 0 Å². The van der Waals surface area contributed by atoms with Gasteiger partial charge in [-0.1, -0.05) is 24.3 Å². The number of hydrogen-bond donors (Lipinski definition) is 3. The van der Waals surface area contributed by atoms with E-state index in [9.17, 15) is 19.6 Å². The average molecular weight is 655 g/mol. The highest BCUT2D eigenvalue weighted by molar-refractivity contribution is 5.88. The van der Waals surface area contributed by atoms with Crippen molar-refractivity contribution < 1.29 is 14.8 Å². The maximum atomic E-state index is 14.2. The van der Waals surface area contributed by atoms with Gasteiger partial charge in [0.05, 0.1) is 6.20 Å². The number of nitrogens with one attached hydrogen (secondary N) is 2. The quantitative estimate of drug-likeness (QED) is 0.273. The Morgan fingerprint density at radius 2 is 1.67 bits per heavy atom. The number of hydrogen-bond acceptors (Lipinski definition) is 7. The molecule has 0 aliphatic carbocycles. The minimum Gasteiger partial charge on any atom is -0.411 e. The van der Waals surface area contributed by atoms with E-state index in [1.807, 2.05) is 54.3 Å². The van der Waals surface area contributed by atoms with Crippen molar-refractivity contribution in [2.75, 3.05) is 59.4 Å². The smallest absolute Gasteiger partial charge is 0.318 e. The first-order valence-corrected chi connectivity index (χ1v) is 17.3. The summed E-state index contributed by atoms with van der Waals surface area (Å²) < 4.78 is 0. The van der Waals surface area contributed by atoms with Crippen molar-refractivity contribution in [1.82, 2.24) is 39.8 Å². The molecule has 3 aliphatic heterocycles. The predicted octanol–water partition coefficient (Wildman–Crippen LogP) is 3.16. The van der Waals surface area contributed by atoms with Gasteiger partial charge >= 0.3 is 6.03 Å². The number of piperazine rings is 1. The second-order valence-electron chi connectivity index (χ2n) is 13.9. The van der Waals surface area contributed by atoms with Gasteiger partial charge in [0.2, 0.25) is 5.91 Å². The molecule has 12 heteroatoms. The number of para-hydroxylation sites is 1. The lowest BCUT2D eigenvalue weighted by atomic mass is 9.89. The van der Waals surface area contributed by atoms with Crippen molar-refractivity contribution in [2.45, 2.75) is 57.0 Å². The van der Waals surface area contributed by atoms with E-state index in [2.05, 4.69) is 32.2 Å². The lowest BCUT2D eigenvalue weighted by Crippen LogP contribution is -2.59. The Balaban J connectivity index is 1.04. The number of pyridine rings is 1. The molecule has 0 saturated carbocycles. The topological polar surface area (TPSA) is 130 Å². The zero-order chi connectivity index (χ0) is 33.4. The zero-order valence-corrected chi connectivity index (χ0v) is 27.9. The number of aryl methyl sites for hydroxylation is 1. The molecule has 2 aromatic carbocycles. The van der Waals surface area contributed by atoms with Crippen LogP contribution in [0.15, 0.2) is 53.5 Å². The van der Waals surface area contributed by atoms with Gasteiger partial charge < -0.3 is 30.2 Å². The highest BCUT2D eigenvalue weighted by atomic mass is 16.5. The van der Waals surface area contributed by atoms with Crippen molar-refractivity contribution in [3.05, 3.63) is 75.7 Å². The molecule has 0 spiro atoms. The summed E-state index contributed by atoms with van der Waals surface area (Å²) in [6.45, 7) is 8.06. The van der Waals surface area contributed by atoms with Crippen molar-refractivity contribution in [3.63, 3.8) is 0 Å². The molecular formula is C36H46N8O4. The van der Waals surface area contributed by atoms with Gasteiger partial charge in [0, 0.05) is 68.2 Å². The van der Waals surface area contributed by atoms with Crippen LogP contribution in [-0.4, -0.2) is 123 Å². The van der Waals surface area contributed by atoms with E-state index in [1.165, 1.54) is 0 Å². The molecule has 48 heavy (non-hydrogen) atoms. The third kappa shape index (κ3) is 6.64. The largest absolute Gasteiger partial charge is 0.411 e. The fraction of sp³-hybridized carbons (Fsp3) is 0.500. The van der Waals surface area contributed by atoms with Crippen LogP contribution in [0.3, 0.4) is 0 Å². The molecule has 5 heterocycles. The molecule has 0 radical (unpaired) electrons. The first-order chi connectivity index (χ1) is 23.2. The number of nitrogens with zero attached hydrogens (tertiary/aromatic N) is 6. The van der Waals surface area contributed by atoms with Gasteiger partial charge in [-0.15, -0.1) is 9.94 Å². The second-order valence-corrected chi connectivity index (χ2v) is 13.9. The molecule has 12 nitrogen and oxygen atoms in total. The number of carbonyl (C=O) groups is 2. The SMILES string of the molecule is Cc1cc(C[C@@H](NC(=O)N2CCC(c3cc4ccccc4[nH]c3=O)CC2)C(=O)N2CCN(C3CCN(C)CC3)CC2)cc2cnn(O)c12. The first kappa shape index (κ1) is 32.1. The number of likely N-dealkylation sites (tertiary alicyclic amines) is 2. The summed E-state index contributed by atoms with van der Waals surface area (Å²) in [7, 11) is 2.17. The number of urea groups is 1. The van der Waals surface area contributed by atoms with Gasteiger partial charge in [-0.05, 0) is 93.4 Å². The number of benzene rings is 2. The fourth-order valence-corrected chi connectivity index (χ4v) is 7.97. The number of fused-ring (bicyclic) bond motifs is 2. The average Bonchev–Trinajstić information content (AvgIpc) is 3.48. The molecular weight excluding hydrogens is 608 g/mol. The summed E-state index contributed by atoms with van der Waals surface area (Å²) in [5.41, 5.74) is 3.88. The number of aromatic amines is 1. The molecule has 3 N–H and O–H groups in total. The Hall–Kier alpha value is -4.42. The number of H-pyrrole nitrogens is 1. The summed E-state index contributed by atoms with van der Waals surface area (Å²) in [6.07, 6.45) is 5.59. The number of aromatic nitrogens is 3. The van der Waals surface area contributed by atoms with Gasteiger partial charge in [-0.25, -0.2) is 4.79 Å². The Bertz CT molecular complexity index is 1850. The van der Waals surface area contributed by atoms with Crippen LogP contribution in [0, 0.1) is 6.92 Å². The van der Waals surface area contributed by atoms with E-state index in [0.717, 1.165) is 76.8 Å². The number of amides is 3. The molecule has 0 bridgehead atoms. The van der Waals surface area contributed by atoms with Crippen LogP contribution >= 0.6 is 0 Å². The molecule has 3 aliphatic rings. The van der Waals surface area contributed by atoms with Gasteiger partial charge in [-0.3, -0.25) is 14.5 Å². The van der Waals surface area contributed by atoms with Gasteiger partial charge in [0.25, 0.3) is 5.56 Å². The molecule has 0 unspecified atom stereocenters. The summed E-state index contributed by atoms with van der Waals surface area (Å²) in [6, 6.07) is 13.2. The van der Waals surface area contributed by atoms with E-state index in [1.54, 1.807) is 11.1 Å². The number of carbonyl (C=O) groups excluding carboxylic acids is 2. The monoisotopic (exact) mass is 654 g/mol. The van der Waals surface area contributed by atoms with Crippen LogP contribution in [0.4, 0.5) is 4.79 Å². The van der Waals surface area contributed by atoms with Crippen molar-refractivity contribution >= 4 is 33.7 Å². The normalized spacial score (nSPS) is 19.6. The summed E-state index contributed by atoms with van der Waals surface area (Å²) >= 11 is 0. The fourth-order valence-electron chi connectivity index (χ4n) is 7.97. The lowest BCUT2D eigenvalue weighted by molar-refractivity contribution is -0.135. The van der Waals surface area contributed by atoms with Crippen molar-refractivity contribution in [1.29, 1.82) is 0 Å². The molecule has 3 amide bonds. The highest BCUT2D eigenvalue weighted by Crippen LogP contribution is 2.28. The van der Waals surface area contributed by atoms with E-state index in [-0.39, 0.29) is 23.4 Å². The van der Waals surface area contributed by atoms with Gasteiger partial charge in [0.1, 0.15) is 11.6 Å². The Labute approximate surface area is 280 Å². The summed E-state index contributed by atoms with van der Waals surface area (Å²) in [5, 5.41) is 19.0. The van der Waals surface area contributed by atoms with E-state index in [4.69, 9.17) is 0 Å². The third-order valence-corrected chi connectivity index (χ3v) is 10.8. The minimum absolute atomic E-state index is 0.0582. The van der Waals surface area contributed by atoms with Crippen molar-refractivity contribution in [2.24, 2.45) is 0 Å². The van der Waals surface area contributed by atoms with Crippen LogP contribution < -0.4 is 10.9 Å². The van der Waals surface area contributed by atoms with Gasteiger partial charge in [-0.2, -0.15) is 0 Å². The van der Waals surface area contributed by atoms with E-state index in [0.29, 0.717) is 57.0 Å². The molecule has 4 aromatic rings. The minimum atomic E-state index is -0.741. The maximum Gasteiger partial charge on any atom is 0.318 e. The number of rotatable bonds is 6. The first-order valence-electron chi connectivity index (χ1n) is 17.3. The Morgan fingerprint density at radius 1 is 0.938 bits per heavy atom. The maximum absolute atomic E-state index is 14.2. The van der Waals surface area contributed by atoms with Gasteiger partial charge in [0.15, 0.2) is 0 Å². The second kappa shape index (κ2) is 13.6. The standard InChI is InChI=1S/C36H46N8O4/c1-24-19-25(20-28-23-37-44(48)33(24)28)21-32(35(46)42-17-15-41(16-18-42)29-9-11-40(2)12-10-29)39-36(47)43-13-7-26(8-14-43)30-22-27-5-3-4-6-31(27)38-34(30)45/h3-6,19-20,22-23,26,29,32,48H,7-18,21H2,1-2H3,(H,38,45)(H,39,47)/t32-/m1/s1. The lowest BCUT2D eigenvalue weighted by Gasteiger charge is -2.43. The summed E-state index contributed by atoms with van der Waals surface area (Å²) in [5.74, 6) is -0.0117. The van der Waals surface area contributed by atoms with Crippen LogP contribution in [-0.2, 0) is 11.2 Å². The number of piperidine rings is 2. The third-order valence-electron chi connectivity index (χ3n) is 10.8. The zero-order valence-electron chi connectivity index (χ0n) is 27.9. The highest BCUT2D eigenvalue weighted by Gasteiger charge is 2.34. The summed E-state index contributed by atoms with van der Waals surface area (Å²) in [4.78, 5) is 53.3. The molecule has 3 fully saturated rings. The Kier molecular flexibility index (Phi) is 9.11. The molecule has 7 rings (SSSR count). The molecule has 3 saturated heterocycles. The Morgan fingerprint density at radius 3 is 2.42 bits per heavy atom.